The van der Waals surface area contributed by atoms with Gasteiger partial charge in [-0.2, -0.15) is 0 Å². The van der Waals surface area contributed by atoms with Crippen LogP contribution in [-0.4, -0.2) is 35.0 Å². The number of rotatable bonds is 4. The highest BCUT2D eigenvalue weighted by Crippen LogP contribution is 2.30. The molecule has 0 saturated carbocycles. The van der Waals surface area contributed by atoms with Gasteiger partial charge in [0.15, 0.2) is 5.58 Å². The van der Waals surface area contributed by atoms with Crippen molar-refractivity contribution in [2.45, 2.75) is 13.3 Å². The summed E-state index contributed by atoms with van der Waals surface area (Å²) in [6.45, 7) is 2.38. The van der Waals surface area contributed by atoms with E-state index in [9.17, 15) is 9.59 Å². The molecule has 1 amide bonds. The summed E-state index contributed by atoms with van der Waals surface area (Å²) in [5.41, 5.74) is 2.75. The Labute approximate surface area is 149 Å². The summed E-state index contributed by atoms with van der Waals surface area (Å²) in [5.74, 6) is -0.382. The number of esters is 1. The van der Waals surface area contributed by atoms with E-state index in [2.05, 4.69) is 9.97 Å². The zero-order chi connectivity index (χ0) is 18.1. The van der Waals surface area contributed by atoms with Gasteiger partial charge in [-0.15, -0.1) is 0 Å². The fraction of sp³-hybridized carbons (Fsp3) is 0.263. The van der Waals surface area contributed by atoms with Gasteiger partial charge >= 0.3 is 5.97 Å². The number of anilines is 1. The van der Waals surface area contributed by atoms with Crippen molar-refractivity contribution in [3.63, 3.8) is 0 Å². The maximum absolute atomic E-state index is 12.3. The van der Waals surface area contributed by atoms with Gasteiger partial charge in [-0.25, -0.2) is 4.98 Å². The zero-order valence-electron chi connectivity index (χ0n) is 14.2. The first-order chi connectivity index (χ1) is 12.7. The van der Waals surface area contributed by atoms with Crippen molar-refractivity contribution in [1.29, 1.82) is 0 Å². The lowest BCUT2D eigenvalue weighted by Crippen LogP contribution is -2.26. The number of hydrogen-bond acceptors (Lipinski definition) is 6. The summed E-state index contributed by atoms with van der Waals surface area (Å²) >= 11 is 0. The summed E-state index contributed by atoms with van der Waals surface area (Å²) < 4.78 is 10.8. The second-order valence-corrected chi connectivity index (χ2v) is 6.07. The van der Waals surface area contributed by atoms with Crippen molar-refractivity contribution in [3.8, 4) is 11.5 Å². The van der Waals surface area contributed by atoms with E-state index in [0.29, 0.717) is 35.8 Å². The van der Waals surface area contributed by atoms with E-state index in [1.807, 2.05) is 12.1 Å². The number of hydrogen-bond donors (Lipinski definition) is 0. The highest BCUT2D eigenvalue weighted by atomic mass is 16.5. The van der Waals surface area contributed by atoms with E-state index in [1.54, 1.807) is 42.4 Å². The second kappa shape index (κ2) is 6.59. The number of nitrogens with zero attached hydrogens (tertiary/aromatic N) is 3. The Morgan fingerprint density at radius 3 is 3.04 bits per heavy atom. The smallest absolute Gasteiger partial charge is 0.311 e. The van der Waals surface area contributed by atoms with Gasteiger partial charge in [0.2, 0.25) is 11.8 Å². The van der Waals surface area contributed by atoms with Gasteiger partial charge in [0.25, 0.3) is 0 Å². The molecular formula is C19H17N3O4. The molecule has 3 aromatic rings. The molecule has 132 valence electrons. The molecule has 1 saturated heterocycles. The molecule has 0 aliphatic carbocycles. The minimum atomic E-state index is -0.429. The molecule has 7 nitrogen and oxygen atoms in total. The molecule has 26 heavy (non-hydrogen) atoms. The third-order valence-corrected chi connectivity index (χ3v) is 4.34. The van der Waals surface area contributed by atoms with Gasteiger partial charge in [0, 0.05) is 31.0 Å². The van der Waals surface area contributed by atoms with Crippen LogP contribution in [0.4, 0.5) is 5.69 Å². The minimum absolute atomic E-state index is 0.0987. The molecule has 0 N–H and O–H groups in total. The van der Waals surface area contributed by atoms with Crippen LogP contribution in [0.15, 0.2) is 47.1 Å². The third-order valence-electron chi connectivity index (χ3n) is 4.34. The fourth-order valence-electron chi connectivity index (χ4n) is 3.07. The molecule has 2 aromatic heterocycles. The maximum atomic E-state index is 12.3. The normalized spacial score (nSPS) is 17.0. The Balaban J connectivity index is 1.61. The molecule has 3 heterocycles. The molecular weight excluding hydrogens is 334 g/mol. The number of amides is 1. The summed E-state index contributed by atoms with van der Waals surface area (Å²) in [5, 5.41) is 0. The van der Waals surface area contributed by atoms with Crippen LogP contribution < -0.4 is 4.90 Å². The number of oxazole rings is 1. The molecule has 0 bridgehead atoms. The fourth-order valence-corrected chi connectivity index (χ4v) is 3.07. The quantitative estimate of drug-likeness (QED) is 0.672. The highest BCUT2D eigenvalue weighted by molar-refractivity contribution is 6.00. The topological polar surface area (TPSA) is 85.5 Å². The Bertz CT molecular complexity index is 967. The third kappa shape index (κ3) is 2.92. The van der Waals surface area contributed by atoms with Crippen molar-refractivity contribution in [1.82, 2.24) is 9.97 Å². The van der Waals surface area contributed by atoms with Crippen molar-refractivity contribution in [2.75, 3.05) is 18.1 Å². The van der Waals surface area contributed by atoms with Crippen molar-refractivity contribution in [3.05, 3.63) is 42.7 Å². The lowest BCUT2D eigenvalue weighted by atomic mass is 10.1. The van der Waals surface area contributed by atoms with Crippen LogP contribution in [-0.2, 0) is 14.3 Å². The van der Waals surface area contributed by atoms with E-state index < -0.39 is 5.92 Å². The number of carbonyl (C=O) groups is 2. The Kier molecular flexibility index (Phi) is 4.12. The van der Waals surface area contributed by atoms with E-state index in [1.165, 1.54) is 0 Å². The summed E-state index contributed by atoms with van der Waals surface area (Å²) in [7, 11) is 0. The average molecular weight is 351 g/mol. The Morgan fingerprint density at radius 2 is 2.27 bits per heavy atom. The van der Waals surface area contributed by atoms with Crippen LogP contribution in [0.25, 0.3) is 22.6 Å². The van der Waals surface area contributed by atoms with Crippen molar-refractivity contribution in [2.24, 2.45) is 5.92 Å². The average Bonchev–Trinajstić information content (AvgIpc) is 3.25. The summed E-state index contributed by atoms with van der Waals surface area (Å²) in [4.78, 5) is 34.4. The van der Waals surface area contributed by atoms with Gasteiger partial charge in [-0.1, -0.05) is 0 Å². The van der Waals surface area contributed by atoms with Crippen LogP contribution in [0.2, 0.25) is 0 Å². The van der Waals surface area contributed by atoms with Gasteiger partial charge < -0.3 is 14.1 Å². The molecule has 7 heteroatoms. The molecule has 1 aromatic carbocycles. The molecule has 0 unspecified atom stereocenters. The molecule has 1 fully saturated rings. The van der Waals surface area contributed by atoms with Gasteiger partial charge in [0.05, 0.1) is 18.1 Å². The minimum Gasteiger partial charge on any atom is -0.466 e. The molecule has 1 atom stereocenters. The number of ether oxygens (including phenoxy) is 1. The first-order valence-electron chi connectivity index (χ1n) is 8.43. The number of benzene rings is 1. The van der Waals surface area contributed by atoms with Crippen LogP contribution in [0.1, 0.15) is 13.3 Å². The number of fused-ring (bicyclic) bond motifs is 1. The Morgan fingerprint density at radius 1 is 1.38 bits per heavy atom. The largest absolute Gasteiger partial charge is 0.466 e. The van der Waals surface area contributed by atoms with E-state index in [4.69, 9.17) is 9.15 Å². The van der Waals surface area contributed by atoms with Crippen molar-refractivity contribution < 1.29 is 18.7 Å². The predicted molar refractivity (Wildman–Crippen MR) is 94.3 cm³/mol. The first kappa shape index (κ1) is 16.3. The lowest BCUT2D eigenvalue weighted by molar-refractivity contribution is -0.147. The number of pyridine rings is 1. The summed E-state index contributed by atoms with van der Waals surface area (Å²) in [6, 6.07) is 9.05. The van der Waals surface area contributed by atoms with Gasteiger partial charge in [0.1, 0.15) is 5.52 Å². The van der Waals surface area contributed by atoms with Crippen LogP contribution >= 0.6 is 0 Å². The standard InChI is InChI=1S/C19H17N3O4/c1-2-25-19(24)13-8-17(23)22(11-13)14-5-6-16-15(9-14)21-18(26-16)12-4-3-7-20-10-12/h3-7,9-10,13H,2,8,11H2,1H3/t13-/m1/s1. The SMILES string of the molecule is CCOC(=O)[C@@H]1CC(=O)N(c2ccc3oc(-c4cccnc4)nc3c2)C1. The molecule has 1 aliphatic heterocycles. The number of aromatic nitrogens is 2. The first-order valence-corrected chi connectivity index (χ1v) is 8.43. The van der Waals surface area contributed by atoms with Gasteiger partial charge in [-0.3, -0.25) is 14.6 Å². The molecule has 1 aliphatic rings. The van der Waals surface area contributed by atoms with Crippen LogP contribution in [0.3, 0.4) is 0 Å². The van der Waals surface area contributed by atoms with Crippen LogP contribution in [0.5, 0.6) is 0 Å². The van der Waals surface area contributed by atoms with E-state index >= 15 is 0 Å². The lowest BCUT2D eigenvalue weighted by Gasteiger charge is -2.16. The monoisotopic (exact) mass is 351 g/mol. The second-order valence-electron chi connectivity index (χ2n) is 6.07. The molecule has 4 rings (SSSR count). The molecule has 0 spiro atoms. The molecule has 0 radical (unpaired) electrons. The van der Waals surface area contributed by atoms with E-state index in [0.717, 1.165) is 5.56 Å². The van der Waals surface area contributed by atoms with Crippen LogP contribution in [0, 0.1) is 5.92 Å². The zero-order valence-corrected chi connectivity index (χ0v) is 14.2. The summed E-state index contributed by atoms with van der Waals surface area (Å²) in [6.07, 6.45) is 3.53. The predicted octanol–water partition coefficient (Wildman–Crippen LogP) is 2.81. The maximum Gasteiger partial charge on any atom is 0.311 e. The van der Waals surface area contributed by atoms with Crippen molar-refractivity contribution >= 4 is 28.7 Å². The number of carbonyl (C=O) groups excluding carboxylic acids is 2. The Hall–Kier alpha value is -3.22. The van der Waals surface area contributed by atoms with E-state index in [-0.39, 0.29) is 18.3 Å². The van der Waals surface area contributed by atoms with Gasteiger partial charge in [-0.05, 0) is 37.3 Å². The highest BCUT2D eigenvalue weighted by Gasteiger charge is 2.36.